The molecule has 9 rings (SSSR count). The van der Waals surface area contributed by atoms with Crippen LogP contribution in [0.5, 0.6) is 5.75 Å². The van der Waals surface area contributed by atoms with E-state index in [0.717, 1.165) is 60.9 Å². The third-order valence-corrected chi connectivity index (χ3v) is 9.07. The van der Waals surface area contributed by atoms with Gasteiger partial charge < -0.3 is 9.52 Å². The molecule has 5 heteroatoms. The summed E-state index contributed by atoms with van der Waals surface area (Å²) in [5.74, 6) is 1.71. The highest BCUT2D eigenvalue weighted by atomic mass is 16.3. The Labute approximate surface area is 288 Å². The van der Waals surface area contributed by atoms with E-state index in [-0.39, 0.29) is 5.75 Å². The molecule has 0 unspecified atom stereocenters. The molecule has 9 aromatic rings. The topological polar surface area (TPSA) is 72.0 Å². The number of phenols is 1. The van der Waals surface area contributed by atoms with Crippen LogP contribution in [-0.4, -0.2) is 20.1 Å². The largest absolute Gasteiger partial charge is 0.507 e. The predicted molar refractivity (Wildman–Crippen MR) is 201 cm³/mol. The Morgan fingerprint density at radius 2 is 0.900 bits per heavy atom. The van der Waals surface area contributed by atoms with Gasteiger partial charge in [-0.3, -0.25) is 0 Å². The monoisotopic (exact) mass is 643 g/mol. The van der Waals surface area contributed by atoms with Gasteiger partial charge in [0.25, 0.3) is 0 Å². The van der Waals surface area contributed by atoms with Crippen LogP contribution in [0.15, 0.2) is 174 Å². The zero-order valence-corrected chi connectivity index (χ0v) is 26.9. The summed E-state index contributed by atoms with van der Waals surface area (Å²) in [7, 11) is 0. The molecule has 0 spiro atoms. The van der Waals surface area contributed by atoms with E-state index < -0.39 is 0 Å². The summed E-state index contributed by atoms with van der Waals surface area (Å²) in [6.07, 6.45) is 0. The quantitative estimate of drug-likeness (QED) is 0.195. The van der Waals surface area contributed by atoms with E-state index >= 15 is 0 Å². The highest BCUT2D eigenvalue weighted by Gasteiger charge is 2.19. The van der Waals surface area contributed by atoms with Gasteiger partial charge in [-0.05, 0) is 40.5 Å². The van der Waals surface area contributed by atoms with E-state index in [1.165, 1.54) is 0 Å². The Morgan fingerprint density at radius 1 is 0.380 bits per heavy atom. The number of hydrogen-bond donors (Lipinski definition) is 1. The fraction of sp³-hybridized carbons (Fsp3) is 0. The lowest BCUT2D eigenvalue weighted by atomic mass is 9.94. The molecule has 0 bridgehead atoms. The first-order valence-corrected chi connectivity index (χ1v) is 16.5. The minimum Gasteiger partial charge on any atom is -0.507 e. The summed E-state index contributed by atoms with van der Waals surface area (Å²) < 4.78 is 6.37. The Bertz CT molecular complexity index is 2650. The summed E-state index contributed by atoms with van der Waals surface area (Å²) in [5, 5.41) is 13.6. The predicted octanol–water partition coefficient (Wildman–Crippen LogP) is 11.5. The maximum Gasteiger partial charge on any atom is 0.164 e. The number of hydrogen-bond acceptors (Lipinski definition) is 5. The van der Waals surface area contributed by atoms with Crippen molar-refractivity contribution < 1.29 is 9.52 Å². The second kappa shape index (κ2) is 12.3. The van der Waals surface area contributed by atoms with Crippen molar-refractivity contribution in [1.82, 2.24) is 15.0 Å². The lowest BCUT2D eigenvalue weighted by Crippen LogP contribution is -2.01. The molecule has 0 saturated heterocycles. The zero-order valence-electron chi connectivity index (χ0n) is 26.9. The minimum atomic E-state index is 0.136. The second-order valence-corrected chi connectivity index (χ2v) is 12.2. The Kier molecular flexibility index (Phi) is 7.21. The number of nitrogens with zero attached hydrogens (tertiary/aromatic N) is 3. The van der Waals surface area contributed by atoms with Crippen molar-refractivity contribution in [2.45, 2.75) is 0 Å². The number of fused-ring (bicyclic) bond motifs is 3. The molecule has 2 aromatic heterocycles. The molecule has 0 aliphatic heterocycles. The summed E-state index contributed by atoms with van der Waals surface area (Å²) in [5.41, 5.74) is 9.80. The number of furan rings is 1. The average molecular weight is 644 g/mol. The number of aromatic nitrogens is 3. The number of para-hydroxylation sites is 2. The summed E-state index contributed by atoms with van der Waals surface area (Å²) in [6.45, 7) is 0. The molecule has 0 fully saturated rings. The number of rotatable bonds is 6. The first-order chi connectivity index (χ1) is 24.7. The van der Waals surface area contributed by atoms with Crippen molar-refractivity contribution in [3.63, 3.8) is 0 Å². The normalized spacial score (nSPS) is 11.3. The third-order valence-electron chi connectivity index (χ3n) is 9.07. The van der Waals surface area contributed by atoms with Gasteiger partial charge in [0.1, 0.15) is 16.9 Å². The summed E-state index contributed by atoms with van der Waals surface area (Å²) >= 11 is 0. The molecule has 5 nitrogen and oxygen atoms in total. The molecule has 0 amide bonds. The molecule has 0 aliphatic rings. The van der Waals surface area contributed by atoms with Crippen molar-refractivity contribution in [1.29, 1.82) is 0 Å². The fourth-order valence-electron chi connectivity index (χ4n) is 6.63. The average Bonchev–Trinajstić information content (AvgIpc) is 3.57. The molecule has 236 valence electrons. The van der Waals surface area contributed by atoms with Crippen LogP contribution in [0.1, 0.15) is 0 Å². The molecule has 1 N–H and O–H groups in total. The lowest BCUT2D eigenvalue weighted by Gasteiger charge is -2.14. The van der Waals surface area contributed by atoms with Crippen LogP contribution in [0.4, 0.5) is 0 Å². The molecule has 2 heterocycles. The van der Waals surface area contributed by atoms with Gasteiger partial charge in [-0.2, -0.15) is 0 Å². The van der Waals surface area contributed by atoms with Crippen molar-refractivity contribution in [3.8, 4) is 73.3 Å². The Balaban J connectivity index is 1.19. The maximum atomic E-state index is 11.5. The van der Waals surface area contributed by atoms with Crippen molar-refractivity contribution in [2.75, 3.05) is 0 Å². The molecule has 0 atom stereocenters. The number of phenolic OH excluding ortho intramolecular Hbond substituents is 1. The molecular formula is C45H29N3O2. The molecular weight excluding hydrogens is 615 g/mol. The van der Waals surface area contributed by atoms with Crippen molar-refractivity contribution >= 4 is 21.9 Å². The van der Waals surface area contributed by atoms with E-state index in [2.05, 4.69) is 60.7 Å². The van der Waals surface area contributed by atoms with Crippen LogP contribution in [0.25, 0.3) is 89.5 Å². The lowest BCUT2D eigenvalue weighted by molar-refractivity contribution is 0.477. The highest BCUT2D eigenvalue weighted by Crippen LogP contribution is 2.41. The molecule has 0 aliphatic carbocycles. The van der Waals surface area contributed by atoms with Crippen LogP contribution >= 0.6 is 0 Å². The molecule has 50 heavy (non-hydrogen) atoms. The van der Waals surface area contributed by atoms with Gasteiger partial charge in [-0.1, -0.05) is 152 Å². The van der Waals surface area contributed by atoms with E-state index in [0.29, 0.717) is 28.6 Å². The van der Waals surface area contributed by atoms with Gasteiger partial charge in [0.05, 0.1) is 0 Å². The van der Waals surface area contributed by atoms with Gasteiger partial charge in [0.15, 0.2) is 17.5 Å². The number of benzene rings is 7. The number of aromatic hydroxyl groups is 1. The van der Waals surface area contributed by atoms with Gasteiger partial charge in [-0.25, -0.2) is 15.0 Å². The second-order valence-electron chi connectivity index (χ2n) is 12.2. The van der Waals surface area contributed by atoms with Gasteiger partial charge in [0, 0.05) is 38.6 Å². The van der Waals surface area contributed by atoms with Crippen LogP contribution in [0.2, 0.25) is 0 Å². The Hall–Kier alpha value is -6.85. The summed E-state index contributed by atoms with van der Waals surface area (Å²) in [6, 6.07) is 56.4. The third kappa shape index (κ3) is 5.27. The van der Waals surface area contributed by atoms with E-state index in [4.69, 9.17) is 19.4 Å². The van der Waals surface area contributed by atoms with Gasteiger partial charge in [-0.15, -0.1) is 0 Å². The molecule has 0 radical (unpaired) electrons. The fourth-order valence-corrected chi connectivity index (χ4v) is 6.63. The van der Waals surface area contributed by atoms with Crippen LogP contribution < -0.4 is 0 Å². The van der Waals surface area contributed by atoms with Crippen LogP contribution in [-0.2, 0) is 0 Å². The Morgan fingerprint density at radius 3 is 1.68 bits per heavy atom. The first-order valence-electron chi connectivity index (χ1n) is 16.5. The zero-order chi connectivity index (χ0) is 33.4. The minimum absolute atomic E-state index is 0.136. The van der Waals surface area contributed by atoms with E-state index in [1.807, 2.05) is 103 Å². The maximum absolute atomic E-state index is 11.5. The van der Waals surface area contributed by atoms with Crippen molar-refractivity contribution in [2.24, 2.45) is 0 Å². The standard InChI is InChI=1S/C45H29N3O2/c49-39-22-11-21-38(41(39)34-17-9-16-33(28-34)35-19-10-20-37-36-18-7-8-23-40(36)50-42(35)37)45-47-43(31-14-5-2-6-15-31)46-44(48-45)32-26-24-30(25-27-32)29-12-3-1-4-13-29/h1-28,49H. The summed E-state index contributed by atoms with van der Waals surface area (Å²) in [4.78, 5) is 14.9. The molecule has 0 saturated carbocycles. The van der Waals surface area contributed by atoms with E-state index in [9.17, 15) is 5.11 Å². The van der Waals surface area contributed by atoms with Crippen molar-refractivity contribution in [3.05, 3.63) is 170 Å². The van der Waals surface area contributed by atoms with E-state index in [1.54, 1.807) is 6.07 Å². The smallest absolute Gasteiger partial charge is 0.164 e. The first kappa shape index (κ1) is 29.3. The highest BCUT2D eigenvalue weighted by molar-refractivity contribution is 6.09. The van der Waals surface area contributed by atoms with Crippen LogP contribution in [0.3, 0.4) is 0 Å². The van der Waals surface area contributed by atoms with Crippen LogP contribution in [0, 0.1) is 0 Å². The van der Waals surface area contributed by atoms with Gasteiger partial charge in [0.2, 0.25) is 0 Å². The SMILES string of the molecule is Oc1cccc(-c2nc(-c3ccccc3)nc(-c3ccc(-c4ccccc4)cc3)n2)c1-c1cccc(-c2cccc3c2oc2ccccc23)c1. The molecule has 7 aromatic carbocycles. The van der Waals surface area contributed by atoms with Gasteiger partial charge >= 0.3 is 0 Å².